The van der Waals surface area contributed by atoms with Crippen LogP contribution in [0.1, 0.15) is 6.42 Å². The van der Waals surface area contributed by atoms with E-state index in [0.717, 1.165) is 0 Å². The molecule has 0 saturated carbocycles. The number of hydrogen-bond acceptors (Lipinski definition) is 5. The summed E-state index contributed by atoms with van der Waals surface area (Å²) in [4.78, 5) is 10.7. The molecule has 1 aliphatic rings. The fourth-order valence-electron chi connectivity index (χ4n) is 1.21. The van der Waals surface area contributed by atoms with Gasteiger partial charge in [-0.25, -0.2) is 4.79 Å². The summed E-state index contributed by atoms with van der Waals surface area (Å²) in [5.74, 6) is -2.38. The normalized spacial score (nSPS) is 38.6. The molecule has 2 unspecified atom stereocenters. The van der Waals surface area contributed by atoms with Gasteiger partial charge >= 0.3 is 5.97 Å². The monoisotopic (exact) mass is 268 g/mol. The number of aliphatic hydroxyl groups excluding tert-OH is 3. The van der Waals surface area contributed by atoms with Gasteiger partial charge in [0.2, 0.25) is 0 Å². The zero-order valence-electron chi connectivity index (χ0n) is 6.88. The van der Waals surface area contributed by atoms with Crippen LogP contribution < -0.4 is 0 Å². The van der Waals surface area contributed by atoms with E-state index in [-0.39, 0.29) is 0 Å². The van der Waals surface area contributed by atoms with E-state index in [2.05, 4.69) is 15.9 Å². The van der Waals surface area contributed by atoms with Crippen LogP contribution in [0, 0.1) is 0 Å². The van der Waals surface area contributed by atoms with E-state index in [4.69, 9.17) is 15.3 Å². The molecule has 80 valence electrons. The molecule has 1 rings (SSSR count). The van der Waals surface area contributed by atoms with Crippen molar-refractivity contribution in [2.75, 3.05) is 0 Å². The number of halogens is 1. The molecule has 0 saturated heterocycles. The van der Waals surface area contributed by atoms with Gasteiger partial charge in [0.15, 0.2) is 5.60 Å². The topological polar surface area (TPSA) is 118 Å². The van der Waals surface area contributed by atoms with Gasteiger partial charge in [-0.3, -0.25) is 0 Å². The van der Waals surface area contributed by atoms with Gasteiger partial charge < -0.3 is 25.5 Å². The number of rotatable bonds is 1. The molecular weight excluding hydrogens is 260 g/mol. The summed E-state index contributed by atoms with van der Waals surface area (Å²) >= 11 is 2.67. The molecule has 14 heavy (non-hydrogen) atoms. The number of aliphatic carboxylic acids is 1. The zero-order valence-corrected chi connectivity index (χ0v) is 8.47. The van der Waals surface area contributed by atoms with E-state index in [1.54, 1.807) is 0 Å². The average Bonchev–Trinajstić information content (AvgIpc) is 2.11. The molecule has 6 nitrogen and oxygen atoms in total. The Morgan fingerprint density at radius 2 is 2.00 bits per heavy atom. The molecule has 0 spiro atoms. The largest absolute Gasteiger partial charge is 0.508 e. The van der Waals surface area contributed by atoms with E-state index < -0.39 is 40.4 Å². The van der Waals surface area contributed by atoms with Gasteiger partial charge in [0.25, 0.3) is 0 Å². The molecule has 0 aromatic rings. The van der Waals surface area contributed by atoms with Crippen molar-refractivity contribution in [3.63, 3.8) is 0 Å². The lowest BCUT2D eigenvalue weighted by Crippen LogP contribution is -2.50. The predicted molar refractivity (Wildman–Crippen MR) is 47.8 cm³/mol. The second-order valence-electron chi connectivity index (χ2n) is 3.08. The SMILES string of the molecule is O=C(O)C1(O)C[C@@H](O)C(O)C(O)=C1Br. The van der Waals surface area contributed by atoms with Crippen LogP contribution in [0.5, 0.6) is 0 Å². The average molecular weight is 269 g/mol. The highest BCUT2D eigenvalue weighted by Gasteiger charge is 2.49. The van der Waals surface area contributed by atoms with Gasteiger partial charge in [0.1, 0.15) is 11.9 Å². The number of aliphatic hydroxyl groups is 4. The first-order chi connectivity index (χ1) is 6.30. The first kappa shape index (κ1) is 11.4. The van der Waals surface area contributed by atoms with Crippen molar-refractivity contribution in [2.24, 2.45) is 0 Å². The Bertz CT molecular complexity index is 301. The molecular formula is C7H9BrO6. The molecule has 0 aromatic heterocycles. The molecule has 0 fully saturated rings. The number of carbonyl (C=O) groups is 1. The minimum atomic E-state index is -2.39. The summed E-state index contributed by atoms with van der Waals surface area (Å²) in [6, 6.07) is 0. The minimum absolute atomic E-state index is 0.435. The molecule has 0 radical (unpaired) electrons. The number of carboxylic acid groups (broad SMARTS) is 1. The van der Waals surface area contributed by atoms with Crippen LogP contribution in [0.15, 0.2) is 10.2 Å². The van der Waals surface area contributed by atoms with Crippen molar-refractivity contribution in [2.45, 2.75) is 24.2 Å². The second-order valence-corrected chi connectivity index (χ2v) is 3.87. The van der Waals surface area contributed by atoms with E-state index in [9.17, 15) is 15.0 Å². The summed E-state index contributed by atoms with van der Waals surface area (Å²) in [5, 5.41) is 45.7. The maximum Gasteiger partial charge on any atom is 0.341 e. The molecule has 5 N–H and O–H groups in total. The van der Waals surface area contributed by atoms with Crippen LogP contribution >= 0.6 is 15.9 Å². The molecule has 0 bridgehead atoms. The smallest absolute Gasteiger partial charge is 0.341 e. The fourth-order valence-corrected chi connectivity index (χ4v) is 1.78. The van der Waals surface area contributed by atoms with Crippen LogP contribution in [0.3, 0.4) is 0 Å². The van der Waals surface area contributed by atoms with Crippen molar-refractivity contribution in [1.29, 1.82) is 0 Å². The van der Waals surface area contributed by atoms with Gasteiger partial charge in [-0.15, -0.1) is 0 Å². The predicted octanol–water partition coefficient (Wildman–Crippen LogP) is -0.908. The Kier molecular flexibility index (Phi) is 2.86. The lowest BCUT2D eigenvalue weighted by molar-refractivity contribution is -0.160. The lowest BCUT2D eigenvalue weighted by Gasteiger charge is -2.33. The maximum absolute atomic E-state index is 10.7. The quantitative estimate of drug-likeness (QED) is 0.420. The second kappa shape index (κ2) is 3.50. The Morgan fingerprint density at radius 3 is 2.43 bits per heavy atom. The standard InChI is InChI=1S/C7H9BrO6/c8-5-4(11)3(10)2(9)1-7(5,14)6(12)13/h2-3,9-11,14H,1H2,(H,12,13)/t2-,3?,7?/m1/s1. The van der Waals surface area contributed by atoms with Crippen LogP contribution in [-0.2, 0) is 4.79 Å². The Hall–Kier alpha value is -0.630. The molecule has 1 aliphatic carbocycles. The van der Waals surface area contributed by atoms with Crippen molar-refractivity contribution in [1.82, 2.24) is 0 Å². The molecule has 0 amide bonds. The van der Waals surface area contributed by atoms with Gasteiger partial charge in [-0.05, 0) is 15.9 Å². The highest BCUT2D eigenvalue weighted by atomic mass is 79.9. The van der Waals surface area contributed by atoms with Gasteiger partial charge in [0.05, 0.1) is 10.6 Å². The molecule has 0 heterocycles. The minimum Gasteiger partial charge on any atom is -0.508 e. The molecule has 0 aliphatic heterocycles. The first-order valence-corrected chi connectivity index (χ1v) is 4.51. The Labute approximate surface area is 87.2 Å². The van der Waals surface area contributed by atoms with Crippen molar-refractivity contribution < 1.29 is 30.3 Å². The number of hydrogen-bond donors (Lipinski definition) is 5. The van der Waals surface area contributed by atoms with Crippen molar-refractivity contribution in [3.8, 4) is 0 Å². The molecule has 7 heteroatoms. The third-order valence-corrected chi connectivity index (χ3v) is 3.15. The highest BCUT2D eigenvalue weighted by molar-refractivity contribution is 9.11. The van der Waals surface area contributed by atoms with E-state index in [1.807, 2.05) is 0 Å². The summed E-state index contributed by atoms with van der Waals surface area (Å²) in [5.41, 5.74) is -2.39. The van der Waals surface area contributed by atoms with Crippen molar-refractivity contribution >= 4 is 21.9 Å². The zero-order chi connectivity index (χ0) is 11.1. The van der Waals surface area contributed by atoms with Crippen LogP contribution in [0.4, 0.5) is 0 Å². The Morgan fingerprint density at radius 1 is 1.50 bits per heavy atom. The lowest BCUT2D eigenvalue weighted by atomic mass is 9.86. The number of carboxylic acids is 1. The van der Waals surface area contributed by atoms with Crippen LogP contribution in [0.25, 0.3) is 0 Å². The summed E-state index contributed by atoms with van der Waals surface area (Å²) in [6.45, 7) is 0. The van der Waals surface area contributed by atoms with Crippen LogP contribution in [0.2, 0.25) is 0 Å². The van der Waals surface area contributed by atoms with Crippen molar-refractivity contribution in [3.05, 3.63) is 10.2 Å². The summed E-state index contributed by atoms with van der Waals surface area (Å²) < 4.78 is -0.435. The van der Waals surface area contributed by atoms with Gasteiger partial charge in [-0.2, -0.15) is 0 Å². The van der Waals surface area contributed by atoms with E-state index in [1.165, 1.54) is 0 Å². The molecule has 3 atom stereocenters. The van der Waals surface area contributed by atoms with Gasteiger partial charge in [0, 0.05) is 6.42 Å². The van der Waals surface area contributed by atoms with Gasteiger partial charge in [-0.1, -0.05) is 0 Å². The maximum atomic E-state index is 10.7. The first-order valence-electron chi connectivity index (χ1n) is 3.71. The van der Waals surface area contributed by atoms with E-state index in [0.29, 0.717) is 0 Å². The third-order valence-electron chi connectivity index (χ3n) is 2.09. The summed E-state index contributed by atoms with van der Waals surface area (Å²) in [7, 11) is 0. The summed E-state index contributed by atoms with van der Waals surface area (Å²) in [6.07, 6.45) is -3.69. The third kappa shape index (κ3) is 1.52. The molecule has 0 aromatic carbocycles. The Balaban J connectivity index is 3.20. The van der Waals surface area contributed by atoms with E-state index >= 15 is 0 Å². The van der Waals surface area contributed by atoms with Crippen LogP contribution in [-0.4, -0.2) is 49.3 Å². The fraction of sp³-hybridized carbons (Fsp3) is 0.571. The highest BCUT2D eigenvalue weighted by Crippen LogP contribution is 2.37.